The lowest BCUT2D eigenvalue weighted by atomic mass is 10.2. The van der Waals surface area contributed by atoms with Crippen LogP contribution < -0.4 is 15.1 Å². The number of carbonyl (C=O) groups excluding carboxylic acids is 1. The van der Waals surface area contributed by atoms with Gasteiger partial charge < -0.3 is 9.64 Å². The minimum absolute atomic E-state index is 0.0804. The van der Waals surface area contributed by atoms with Crippen LogP contribution >= 0.6 is 0 Å². The maximum Gasteiger partial charge on any atom is 0.277 e. The molecule has 0 saturated carbocycles. The van der Waals surface area contributed by atoms with Gasteiger partial charge in [-0.3, -0.25) is 4.79 Å². The standard InChI is InChI=1S/C23H23N3O2/c1-18-8-6-7-11-22(18)28-17-23(27)25-24-16-19-12-14-21(15-13-19)26(2)20-9-4-3-5-10-20/h3-16H,17H2,1-2H3,(H,25,27)/b24-16+. The van der Waals surface area contributed by atoms with Gasteiger partial charge in [-0.05, 0) is 48.4 Å². The molecule has 5 heteroatoms. The largest absolute Gasteiger partial charge is 0.483 e. The topological polar surface area (TPSA) is 53.9 Å². The fraction of sp³-hybridized carbons (Fsp3) is 0.130. The smallest absolute Gasteiger partial charge is 0.277 e. The second-order valence-corrected chi connectivity index (χ2v) is 6.33. The molecular weight excluding hydrogens is 350 g/mol. The highest BCUT2D eigenvalue weighted by Gasteiger charge is 2.04. The molecule has 3 rings (SSSR count). The van der Waals surface area contributed by atoms with Gasteiger partial charge in [0.2, 0.25) is 0 Å². The maximum atomic E-state index is 11.9. The van der Waals surface area contributed by atoms with Crippen LogP contribution in [-0.2, 0) is 4.79 Å². The second-order valence-electron chi connectivity index (χ2n) is 6.33. The van der Waals surface area contributed by atoms with E-state index >= 15 is 0 Å². The summed E-state index contributed by atoms with van der Waals surface area (Å²) < 4.78 is 5.49. The molecule has 0 aliphatic heterocycles. The number of benzene rings is 3. The number of para-hydroxylation sites is 2. The zero-order valence-corrected chi connectivity index (χ0v) is 16.0. The molecule has 3 aromatic rings. The third-order valence-electron chi connectivity index (χ3n) is 4.28. The highest BCUT2D eigenvalue weighted by molar-refractivity contribution is 5.83. The fourth-order valence-corrected chi connectivity index (χ4v) is 2.66. The summed E-state index contributed by atoms with van der Waals surface area (Å²) >= 11 is 0. The Morgan fingerprint density at radius 1 is 0.964 bits per heavy atom. The van der Waals surface area contributed by atoms with E-state index in [4.69, 9.17) is 4.74 Å². The second kappa shape index (κ2) is 9.37. The van der Waals surface area contributed by atoms with E-state index in [2.05, 4.69) is 27.6 Å². The first-order valence-corrected chi connectivity index (χ1v) is 9.02. The highest BCUT2D eigenvalue weighted by Crippen LogP contribution is 2.22. The first-order chi connectivity index (χ1) is 13.6. The van der Waals surface area contributed by atoms with Gasteiger partial charge in [0.15, 0.2) is 6.61 Å². The Balaban J connectivity index is 1.50. The molecule has 0 radical (unpaired) electrons. The molecule has 0 saturated heterocycles. The van der Waals surface area contributed by atoms with Crippen LogP contribution in [0.3, 0.4) is 0 Å². The van der Waals surface area contributed by atoms with Crippen molar-refractivity contribution in [3.63, 3.8) is 0 Å². The lowest BCUT2D eigenvalue weighted by Gasteiger charge is -2.19. The number of hydrogen-bond acceptors (Lipinski definition) is 4. The summed E-state index contributed by atoms with van der Waals surface area (Å²) in [4.78, 5) is 14.0. The third-order valence-corrected chi connectivity index (χ3v) is 4.28. The number of hydrogen-bond donors (Lipinski definition) is 1. The number of nitrogens with zero attached hydrogens (tertiary/aromatic N) is 2. The molecular formula is C23H23N3O2. The number of carbonyl (C=O) groups is 1. The Hall–Kier alpha value is -3.60. The van der Waals surface area contributed by atoms with Gasteiger partial charge in [-0.2, -0.15) is 5.10 Å². The summed E-state index contributed by atoms with van der Waals surface area (Å²) in [6.45, 7) is 1.85. The molecule has 3 aromatic carbocycles. The zero-order chi connectivity index (χ0) is 19.8. The first-order valence-electron chi connectivity index (χ1n) is 9.02. The lowest BCUT2D eigenvalue weighted by Crippen LogP contribution is -2.24. The molecule has 1 N–H and O–H groups in total. The Bertz CT molecular complexity index is 938. The molecule has 5 nitrogen and oxygen atoms in total. The van der Waals surface area contributed by atoms with Gasteiger partial charge in [-0.25, -0.2) is 5.43 Å². The van der Waals surface area contributed by atoms with Crippen LogP contribution in [-0.4, -0.2) is 25.8 Å². The van der Waals surface area contributed by atoms with Crippen LogP contribution in [0.4, 0.5) is 11.4 Å². The van der Waals surface area contributed by atoms with Gasteiger partial charge >= 0.3 is 0 Å². The molecule has 0 spiro atoms. The van der Waals surface area contributed by atoms with E-state index in [9.17, 15) is 4.79 Å². The van der Waals surface area contributed by atoms with Gasteiger partial charge in [0.05, 0.1) is 6.21 Å². The number of hydrazone groups is 1. The summed E-state index contributed by atoms with van der Waals surface area (Å²) in [5, 5.41) is 3.99. The van der Waals surface area contributed by atoms with Crippen LogP contribution in [0.2, 0.25) is 0 Å². The Morgan fingerprint density at radius 3 is 2.32 bits per heavy atom. The van der Waals surface area contributed by atoms with Crippen molar-refractivity contribution in [2.75, 3.05) is 18.6 Å². The average Bonchev–Trinajstić information content (AvgIpc) is 2.74. The van der Waals surface area contributed by atoms with Crippen LogP contribution in [0.5, 0.6) is 5.75 Å². The van der Waals surface area contributed by atoms with Crippen molar-refractivity contribution >= 4 is 23.5 Å². The normalized spacial score (nSPS) is 10.6. The summed E-state index contributed by atoms with van der Waals surface area (Å²) in [6.07, 6.45) is 1.61. The number of rotatable bonds is 7. The number of ether oxygens (including phenoxy) is 1. The molecule has 0 aliphatic rings. The van der Waals surface area contributed by atoms with Crippen LogP contribution in [0.25, 0.3) is 0 Å². The Morgan fingerprint density at radius 2 is 1.61 bits per heavy atom. The number of amides is 1. The quantitative estimate of drug-likeness (QED) is 0.496. The van der Waals surface area contributed by atoms with Crippen LogP contribution in [0.15, 0.2) is 84.0 Å². The average molecular weight is 373 g/mol. The molecule has 1 amide bonds. The molecule has 0 unspecified atom stereocenters. The van der Waals surface area contributed by atoms with E-state index in [1.165, 1.54) is 0 Å². The molecule has 0 bridgehead atoms. The summed E-state index contributed by atoms with van der Waals surface area (Å²) in [6, 6.07) is 25.6. The molecule has 28 heavy (non-hydrogen) atoms. The molecule has 142 valence electrons. The molecule has 0 heterocycles. The number of anilines is 2. The monoisotopic (exact) mass is 373 g/mol. The Kier molecular flexibility index (Phi) is 6.41. The highest BCUT2D eigenvalue weighted by atomic mass is 16.5. The van der Waals surface area contributed by atoms with Gasteiger partial charge in [0.1, 0.15) is 5.75 Å². The number of aryl methyl sites for hydroxylation is 1. The van der Waals surface area contributed by atoms with E-state index in [1.54, 1.807) is 6.21 Å². The van der Waals surface area contributed by atoms with Crippen molar-refractivity contribution in [3.05, 3.63) is 90.0 Å². The van der Waals surface area contributed by atoms with Crippen molar-refractivity contribution in [2.24, 2.45) is 5.10 Å². The van der Waals surface area contributed by atoms with Crippen LogP contribution in [0.1, 0.15) is 11.1 Å². The van der Waals surface area contributed by atoms with Crippen molar-refractivity contribution in [1.29, 1.82) is 0 Å². The summed E-state index contributed by atoms with van der Waals surface area (Å²) in [5.41, 5.74) is 6.54. The van der Waals surface area contributed by atoms with E-state index in [1.807, 2.05) is 80.7 Å². The predicted molar refractivity (Wildman–Crippen MR) is 113 cm³/mol. The zero-order valence-electron chi connectivity index (χ0n) is 16.0. The number of nitrogens with one attached hydrogen (secondary N) is 1. The van der Waals surface area contributed by atoms with Gasteiger partial charge in [-0.1, -0.05) is 48.5 Å². The molecule has 0 aliphatic carbocycles. The van der Waals surface area contributed by atoms with Gasteiger partial charge in [0.25, 0.3) is 5.91 Å². The fourth-order valence-electron chi connectivity index (χ4n) is 2.66. The van der Waals surface area contributed by atoms with E-state index in [0.29, 0.717) is 5.75 Å². The maximum absolute atomic E-state index is 11.9. The minimum Gasteiger partial charge on any atom is -0.483 e. The van der Waals surface area contributed by atoms with Crippen molar-refractivity contribution < 1.29 is 9.53 Å². The Labute approximate surface area is 165 Å². The summed E-state index contributed by atoms with van der Waals surface area (Å²) in [5.74, 6) is 0.389. The third kappa shape index (κ3) is 5.20. The van der Waals surface area contributed by atoms with Gasteiger partial charge in [0, 0.05) is 18.4 Å². The molecule has 0 fully saturated rings. The van der Waals surface area contributed by atoms with Crippen molar-refractivity contribution in [2.45, 2.75) is 6.92 Å². The molecule has 0 atom stereocenters. The van der Waals surface area contributed by atoms with E-state index in [0.717, 1.165) is 22.5 Å². The van der Waals surface area contributed by atoms with Crippen LogP contribution in [0, 0.1) is 6.92 Å². The summed E-state index contributed by atoms with van der Waals surface area (Å²) in [7, 11) is 2.02. The first kappa shape index (κ1) is 19.2. The SMILES string of the molecule is Cc1ccccc1OCC(=O)N/N=C/c1ccc(N(C)c2ccccc2)cc1. The van der Waals surface area contributed by atoms with Crippen molar-refractivity contribution in [1.82, 2.24) is 5.43 Å². The minimum atomic E-state index is -0.306. The van der Waals surface area contributed by atoms with Crippen molar-refractivity contribution in [3.8, 4) is 5.75 Å². The molecule has 0 aromatic heterocycles. The lowest BCUT2D eigenvalue weighted by molar-refractivity contribution is -0.123. The van der Waals surface area contributed by atoms with Gasteiger partial charge in [-0.15, -0.1) is 0 Å². The van der Waals surface area contributed by atoms with E-state index in [-0.39, 0.29) is 12.5 Å². The van der Waals surface area contributed by atoms with E-state index < -0.39 is 0 Å². The predicted octanol–water partition coefficient (Wildman–Crippen LogP) is 4.29.